The number of carboxylic acids is 1. The Morgan fingerprint density at radius 3 is 2.75 bits per heavy atom. The minimum absolute atomic E-state index is 0.0204. The van der Waals surface area contributed by atoms with Crippen molar-refractivity contribution >= 4 is 5.97 Å². The van der Waals surface area contributed by atoms with E-state index in [0.29, 0.717) is 5.92 Å². The average molecular weight is 277 g/mol. The maximum atomic E-state index is 11.1. The van der Waals surface area contributed by atoms with Crippen molar-refractivity contribution < 1.29 is 15.0 Å². The second kappa shape index (κ2) is 5.44. The van der Waals surface area contributed by atoms with Crippen molar-refractivity contribution in [2.24, 2.45) is 5.92 Å². The van der Waals surface area contributed by atoms with Crippen molar-refractivity contribution in [3.8, 4) is 5.75 Å². The van der Waals surface area contributed by atoms with Crippen LogP contribution in [0.4, 0.5) is 0 Å². The van der Waals surface area contributed by atoms with Gasteiger partial charge in [-0.1, -0.05) is 26.0 Å². The van der Waals surface area contributed by atoms with Gasteiger partial charge in [0.25, 0.3) is 0 Å². The second-order valence-electron chi connectivity index (χ2n) is 6.13. The highest BCUT2D eigenvalue weighted by Crippen LogP contribution is 2.40. The zero-order valence-corrected chi connectivity index (χ0v) is 12.3. The number of benzene rings is 1. The third-order valence-corrected chi connectivity index (χ3v) is 4.93. The van der Waals surface area contributed by atoms with Gasteiger partial charge in [-0.2, -0.15) is 0 Å². The molecule has 110 valence electrons. The minimum Gasteiger partial charge on any atom is -0.508 e. The Morgan fingerprint density at radius 1 is 1.50 bits per heavy atom. The fraction of sp³-hybridized carbons (Fsp3) is 0.562. The van der Waals surface area contributed by atoms with Crippen molar-refractivity contribution in [3.05, 3.63) is 29.8 Å². The van der Waals surface area contributed by atoms with E-state index in [9.17, 15) is 9.90 Å². The Bertz CT molecular complexity index is 502. The largest absolute Gasteiger partial charge is 0.508 e. The molecule has 0 aliphatic carbocycles. The smallest absolute Gasteiger partial charge is 0.320 e. The number of piperidine rings is 1. The predicted octanol–water partition coefficient (Wildman–Crippen LogP) is 2.46. The highest BCUT2D eigenvalue weighted by Gasteiger charge is 2.40. The molecule has 20 heavy (non-hydrogen) atoms. The fourth-order valence-corrected chi connectivity index (χ4v) is 3.06. The van der Waals surface area contributed by atoms with Gasteiger partial charge in [0, 0.05) is 6.54 Å². The van der Waals surface area contributed by atoms with Gasteiger partial charge in [0.2, 0.25) is 0 Å². The summed E-state index contributed by atoms with van der Waals surface area (Å²) in [5.74, 6) is -0.143. The molecule has 1 aliphatic heterocycles. The molecule has 0 saturated carbocycles. The average Bonchev–Trinajstić information content (AvgIpc) is 2.41. The molecule has 1 aliphatic rings. The summed E-state index contributed by atoms with van der Waals surface area (Å²) in [6, 6.07) is 6.99. The van der Waals surface area contributed by atoms with Gasteiger partial charge in [-0.05, 0) is 48.9 Å². The monoisotopic (exact) mass is 277 g/mol. The summed E-state index contributed by atoms with van der Waals surface area (Å²) >= 11 is 0. The van der Waals surface area contributed by atoms with Gasteiger partial charge < -0.3 is 10.2 Å². The first-order chi connectivity index (χ1) is 9.34. The molecule has 0 radical (unpaired) electrons. The van der Waals surface area contributed by atoms with E-state index in [1.165, 1.54) is 0 Å². The lowest BCUT2D eigenvalue weighted by molar-refractivity contribution is -0.143. The molecular weight excluding hydrogens is 254 g/mol. The summed E-state index contributed by atoms with van der Waals surface area (Å²) in [5, 5.41) is 18.8. The Kier molecular flexibility index (Phi) is 4.04. The van der Waals surface area contributed by atoms with Crippen molar-refractivity contribution in [2.75, 3.05) is 13.1 Å². The second-order valence-corrected chi connectivity index (χ2v) is 6.13. The van der Waals surface area contributed by atoms with E-state index >= 15 is 0 Å². The highest BCUT2D eigenvalue weighted by molar-refractivity contribution is 5.72. The van der Waals surface area contributed by atoms with Crippen molar-refractivity contribution in [1.29, 1.82) is 0 Å². The fourth-order valence-electron chi connectivity index (χ4n) is 3.06. The molecule has 0 bridgehead atoms. The predicted molar refractivity (Wildman–Crippen MR) is 77.9 cm³/mol. The Labute approximate surface area is 120 Å². The quantitative estimate of drug-likeness (QED) is 0.891. The number of carboxylic acid groups (broad SMARTS) is 1. The number of carbonyl (C=O) groups is 1. The molecule has 0 amide bonds. The van der Waals surface area contributed by atoms with Crippen molar-refractivity contribution in [3.63, 3.8) is 0 Å². The number of aliphatic carboxylic acids is 1. The molecule has 1 aromatic rings. The van der Waals surface area contributed by atoms with Crippen LogP contribution >= 0.6 is 0 Å². The molecule has 2 rings (SSSR count). The maximum Gasteiger partial charge on any atom is 0.320 e. The Balaban J connectivity index is 2.18. The molecule has 3 unspecified atom stereocenters. The summed E-state index contributed by atoms with van der Waals surface area (Å²) in [7, 11) is 0. The number of nitrogens with zero attached hydrogens (tertiary/aromatic N) is 1. The van der Waals surface area contributed by atoms with Crippen LogP contribution in [0.5, 0.6) is 5.75 Å². The number of rotatable bonds is 3. The van der Waals surface area contributed by atoms with Crippen LogP contribution in [0.3, 0.4) is 0 Å². The minimum atomic E-state index is -0.766. The first-order valence-corrected chi connectivity index (χ1v) is 7.11. The lowest BCUT2D eigenvalue weighted by Crippen LogP contribution is -2.52. The van der Waals surface area contributed by atoms with Crippen LogP contribution in [0.1, 0.15) is 32.8 Å². The summed E-state index contributed by atoms with van der Waals surface area (Å²) in [6.45, 7) is 7.63. The first kappa shape index (κ1) is 14.9. The van der Waals surface area contributed by atoms with Crippen LogP contribution in [0.15, 0.2) is 24.3 Å². The van der Waals surface area contributed by atoms with Crippen LogP contribution in [0.25, 0.3) is 0 Å². The van der Waals surface area contributed by atoms with E-state index in [0.717, 1.165) is 25.1 Å². The molecule has 4 nitrogen and oxygen atoms in total. The van der Waals surface area contributed by atoms with Gasteiger partial charge in [-0.15, -0.1) is 0 Å². The first-order valence-electron chi connectivity index (χ1n) is 7.11. The van der Waals surface area contributed by atoms with Gasteiger partial charge in [0.15, 0.2) is 0 Å². The van der Waals surface area contributed by atoms with E-state index in [1.807, 2.05) is 23.1 Å². The van der Waals surface area contributed by atoms with Crippen LogP contribution in [-0.2, 0) is 10.2 Å². The lowest BCUT2D eigenvalue weighted by Gasteiger charge is -2.46. The Morgan fingerprint density at radius 2 is 2.20 bits per heavy atom. The zero-order valence-electron chi connectivity index (χ0n) is 12.3. The summed E-state index contributed by atoms with van der Waals surface area (Å²) in [4.78, 5) is 13.1. The van der Waals surface area contributed by atoms with E-state index < -0.39 is 12.0 Å². The summed E-state index contributed by atoms with van der Waals surface area (Å²) in [6.07, 6.45) is 0.898. The maximum absolute atomic E-state index is 11.1. The van der Waals surface area contributed by atoms with Crippen LogP contribution in [-0.4, -0.2) is 40.2 Å². The molecule has 0 spiro atoms. The number of aromatic hydroxyl groups is 1. The molecule has 1 saturated heterocycles. The van der Waals surface area contributed by atoms with Crippen molar-refractivity contribution in [1.82, 2.24) is 4.90 Å². The van der Waals surface area contributed by atoms with Gasteiger partial charge in [-0.3, -0.25) is 9.69 Å². The molecule has 3 atom stereocenters. The van der Waals surface area contributed by atoms with E-state index in [4.69, 9.17) is 5.11 Å². The number of phenolic OH excluding ortho intramolecular Hbond substituents is 1. The molecular formula is C16H23NO3. The van der Waals surface area contributed by atoms with E-state index in [-0.39, 0.29) is 11.2 Å². The third-order valence-electron chi connectivity index (χ3n) is 4.93. The molecule has 1 heterocycles. The molecule has 2 N–H and O–H groups in total. The number of phenols is 1. The van der Waals surface area contributed by atoms with Crippen molar-refractivity contribution in [2.45, 2.75) is 38.6 Å². The number of hydrogen-bond acceptors (Lipinski definition) is 3. The van der Waals surface area contributed by atoms with E-state index in [1.54, 1.807) is 13.0 Å². The van der Waals surface area contributed by atoms with Gasteiger partial charge in [-0.25, -0.2) is 0 Å². The topological polar surface area (TPSA) is 60.8 Å². The highest BCUT2D eigenvalue weighted by atomic mass is 16.4. The normalized spacial score (nSPS) is 29.1. The lowest BCUT2D eigenvalue weighted by atomic mass is 9.68. The number of likely N-dealkylation sites (tertiary alicyclic amines) is 1. The third kappa shape index (κ3) is 2.66. The van der Waals surface area contributed by atoms with E-state index in [2.05, 4.69) is 13.8 Å². The zero-order chi connectivity index (χ0) is 14.9. The molecule has 1 fully saturated rings. The van der Waals surface area contributed by atoms with Gasteiger partial charge in [0.05, 0.1) is 0 Å². The standard InChI is InChI=1S/C16H23NO3/c1-11-10-17(12(2)15(19)20)8-7-16(11,3)13-5-4-6-14(18)9-13/h4-6,9,11-12,18H,7-8,10H2,1-3H3,(H,19,20). The van der Waals surface area contributed by atoms with Crippen LogP contribution in [0, 0.1) is 5.92 Å². The van der Waals surface area contributed by atoms with Crippen LogP contribution < -0.4 is 0 Å². The number of hydrogen-bond donors (Lipinski definition) is 2. The summed E-state index contributed by atoms with van der Waals surface area (Å²) in [5.41, 5.74) is 1.11. The molecule has 0 aromatic heterocycles. The molecule has 4 heteroatoms. The van der Waals surface area contributed by atoms with Gasteiger partial charge >= 0.3 is 5.97 Å². The Hall–Kier alpha value is -1.55. The SMILES string of the molecule is CC(C(=O)O)N1CCC(C)(c2cccc(O)c2)C(C)C1. The molecule has 1 aromatic carbocycles. The van der Waals surface area contributed by atoms with Gasteiger partial charge in [0.1, 0.15) is 11.8 Å². The van der Waals surface area contributed by atoms with Crippen LogP contribution in [0.2, 0.25) is 0 Å². The summed E-state index contributed by atoms with van der Waals surface area (Å²) < 4.78 is 0.